The monoisotopic (exact) mass is 258 g/mol. The molecule has 0 aliphatic heterocycles. The quantitative estimate of drug-likeness (QED) is 0.906. The predicted octanol–water partition coefficient (Wildman–Crippen LogP) is 3.09. The lowest BCUT2D eigenvalue weighted by atomic mass is 9.88. The molecule has 0 spiro atoms. The fourth-order valence-electron chi connectivity index (χ4n) is 2.54. The zero-order chi connectivity index (χ0) is 13.9. The van der Waals surface area contributed by atoms with Crippen molar-refractivity contribution in [3.63, 3.8) is 0 Å². The molecule has 0 bridgehead atoms. The maximum atomic E-state index is 12.3. The lowest BCUT2D eigenvalue weighted by molar-refractivity contribution is -0.124. The highest BCUT2D eigenvalue weighted by molar-refractivity contribution is 5.95. The molecule has 1 aromatic carbocycles. The second kappa shape index (κ2) is 5.31. The van der Waals surface area contributed by atoms with E-state index in [1.807, 2.05) is 6.92 Å². The van der Waals surface area contributed by atoms with Crippen LogP contribution in [-0.2, 0) is 4.79 Å². The molecule has 1 aromatic rings. The SMILES string of the molecule is COc1ccc(NC(=O)C2(C)CCCC2)cc1C#N. The van der Waals surface area contributed by atoms with Crippen molar-refractivity contribution in [2.24, 2.45) is 5.41 Å². The first-order valence-electron chi connectivity index (χ1n) is 6.49. The topological polar surface area (TPSA) is 62.1 Å². The highest BCUT2D eigenvalue weighted by atomic mass is 16.5. The smallest absolute Gasteiger partial charge is 0.230 e. The van der Waals surface area contributed by atoms with Gasteiger partial charge in [-0.15, -0.1) is 0 Å². The van der Waals surface area contributed by atoms with Gasteiger partial charge >= 0.3 is 0 Å². The van der Waals surface area contributed by atoms with Crippen molar-refractivity contribution in [2.75, 3.05) is 12.4 Å². The van der Waals surface area contributed by atoms with E-state index >= 15 is 0 Å². The molecule has 1 saturated carbocycles. The Morgan fingerprint density at radius 1 is 1.42 bits per heavy atom. The zero-order valence-corrected chi connectivity index (χ0v) is 11.3. The van der Waals surface area contributed by atoms with Crippen LogP contribution < -0.4 is 10.1 Å². The van der Waals surface area contributed by atoms with Crippen LogP contribution in [0.5, 0.6) is 5.75 Å². The van der Waals surface area contributed by atoms with E-state index in [2.05, 4.69) is 11.4 Å². The maximum Gasteiger partial charge on any atom is 0.230 e. The van der Waals surface area contributed by atoms with Crippen LogP contribution in [0.15, 0.2) is 18.2 Å². The number of nitriles is 1. The molecule has 1 aliphatic carbocycles. The van der Waals surface area contributed by atoms with Crippen LogP contribution in [0, 0.1) is 16.7 Å². The van der Waals surface area contributed by atoms with Crippen LogP contribution in [0.1, 0.15) is 38.2 Å². The first kappa shape index (κ1) is 13.4. The molecule has 1 N–H and O–H groups in total. The number of nitrogens with zero attached hydrogens (tertiary/aromatic N) is 1. The van der Waals surface area contributed by atoms with Gasteiger partial charge in [0, 0.05) is 11.1 Å². The third-order valence-corrected chi connectivity index (χ3v) is 3.83. The average Bonchev–Trinajstić information content (AvgIpc) is 2.87. The Morgan fingerprint density at radius 3 is 2.68 bits per heavy atom. The summed E-state index contributed by atoms with van der Waals surface area (Å²) in [6.45, 7) is 2.00. The zero-order valence-electron chi connectivity index (χ0n) is 11.3. The van der Waals surface area contributed by atoms with Gasteiger partial charge in [-0.25, -0.2) is 0 Å². The highest BCUT2D eigenvalue weighted by Gasteiger charge is 2.36. The Bertz CT molecular complexity index is 525. The lowest BCUT2D eigenvalue weighted by Gasteiger charge is -2.22. The molecule has 0 atom stereocenters. The molecular formula is C15H18N2O2. The fourth-order valence-corrected chi connectivity index (χ4v) is 2.54. The van der Waals surface area contributed by atoms with Crippen LogP contribution in [0.2, 0.25) is 0 Å². The minimum atomic E-state index is -0.271. The van der Waals surface area contributed by atoms with Gasteiger partial charge in [-0.3, -0.25) is 4.79 Å². The molecule has 100 valence electrons. The summed E-state index contributed by atoms with van der Waals surface area (Å²) in [5.41, 5.74) is 0.805. The molecular weight excluding hydrogens is 240 g/mol. The summed E-state index contributed by atoms with van der Waals surface area (Å²) in [7, 11) is 1.52. The molecule has 19 heavy (non-hydrogen) atoms. The summed E-state index contributed by atoms with van der Waals surface area (Å²) in [4.78, 5) is 12.3. The Labute approximate surface area is 113 Å². The lowest BCUT2D eigenvalue weighted by Crippen LogP contribution is -2.30. The van der Waals surface area contributed by atoms with Crippen molar-refractivity contribution in [1.82, 2.24) is 0 Å². The van der Waals surface area contributed by atoms with Crippen LogP contribution in [0.4, 0.5) is 5.69 Å². The number of carbonyl (C=O) groups is 1. The van der Waals surface area contributed by atoms with Crippen molar-refractivity contribution in [1.29, 1.82) is 5.26 Å². The summed E-state index contributed by atoms with van der Waals surface area (Å²) in [6.07, 6.45) is 4.08. The van der Waals surface area contributed by atoms with Gasteiger partial charge < -0.3 is 10.1 Å². The number of hydrogen-bond acceptors (Lipinski definition) is 3. The molecule has 0 aromatic heterocycles. The average molecular weight is 258 g/mol. The molecule has 4 heteroatoms. The fraction of sp³-hybridized carbons (Fsp3) is 0.467. The largest absolute Gasteiger partial charge is 0.495 e. The molecule has 0 heterocycles. The van der Waals surface area contributed by atoms with Crippen molar-refractivity contribution in [2.45, 2.75) is 32.6 Å². The summed E-state index contributed by atoms with van der Waals surface area (Å²) < 4.78 is 5.08. The number of ether oxygens (including phenoxy) is 1. The number of rotatable bonds is 3. The van der Waals surface area contributed by atoms with Gasteiger partial charge in [-0.05, 0) is 31.0 Å². The second-order valence-electron chi connectivity index (χ2n) is 5.25. The molecule has 0 saturated heterocycles. The van der Waals surface area contributed by atoms with Gasteiger partial charge in [0.25, 0.3) is 0 Å². The van der Waals surface area contributed by atoms with E-state index < -0.39 is 0 Å². The minimum absolute atomic E-state index is 0.0408. The molecule has 0 radical (unpaired) electrons. The predicted molar refractivity (Wildman–Crippen MR) is 72.9 cm³/mol. The van der Waals surface area contributed by atoms with Gasteiger partial charge in [0.05, 0.1) is 12.7 Å². The van der Waals surface area contributed by atoms with E-state index in [1.165, 1.54) is 7.11 Å². The van der Waals surface area contributed by atoms with Crippen LogP contribution in [-0.4, -0.2) is 13.0 Å². The van der Waals surface area contributed by atoms with Crippen molar-refractivity contribution < 1.29 is 9.53 Å². The van der Waals surface area contributed by atoms with Gasteiger partial charge in [0.1, 0.15) is 11.8 Å². The summed E-state index contributed by atoms with van der Waals surface area (Å²) >= 11 is 0. The number of amides is 1. The van der Waals surface area contributed by atoms with Crippen LogP contribution in [0.25, 0.3) is 0 Å². The third-order valence-electron chi connectivity index (χ3n) is 3.83. The Kier molecular flexibility index (Phi) is 3.75. The van der Waals surface area contributed by atoms with Gasteiger partial charge in [-0.1, -0.05) is 19.8 Å². The number of anilines is 1. The molecule has 1 amide bonds. The summed E-state index contributed by atoms with van der Waals surface area (Å²) in [5, 5.41) is 11.9. The van der Waals surface area contributed by atoms with Crippen molar-refractivity contribution in [3.05, 3.63) is 23.8 Å². The van der Waals surface area contributed by atoms with Crippen LogP contribution >= 0.6 is 0 Å². The van der Waals surface area contributed by atoms with E-state index in [4.69, 9.17) is 10.00 Å². The van der Waals surface area contributed by atoms with Gasteiger partial charge in [-0.2, -0.15) is 5.26 Å². The first-order valence-corrected chi connectivity index (χ1v) is 6.49. The standard InChI is InChI=1S/C15H18N2O2/c1-15(7-3-4-8-15)14(18)17-12-5-6-13(19-2)11(9-12)10-16/h5-6,9H,3-4,7-8H2,1-2H3,(H,17,18). The van der Waals surface area contributed by atoms with E-state index in [0.29, 0.717) is 17.0 Å². The highest BCUT2D eigenvalue weighted by Crippen LogP contribution is 2.38. The maximum absolute atomic E-state index is 12.3. The minimum Gasteiger partial charge on any atom is -0.495 e. The Hall–Kier alpha value is -2.02. The third kappa shape index (κ3) is 2.70. The number of nitrogens with one attached hydrogen (secondary N) is 1. The number of benzene rings is 1. The van der Waals surface area contributed by atoms with E-state index in [1.54, 1.807) is 18.2 Å². The second-order valence-corrected chi connectivity index (χ2v) is 5.25. The van der Waals surface area contributed by atoms with Crippen LogP contribution in [0.3, 0.4) is 0 Å². The first-order chi connectivity index (χ1) is 9.09. The normalized spacial score (nSPS) is 16.7. The molecule has 1 fully saturated rings. The molecule has 1 aliphatic rings. The van der Waals surface area contributed by atoms with E-state index in [9.17, 15) is 4.79 Å². The molecule has 0 unspecified atom stereocenters. The summed E-state index contributed by atoms with van der Waals surface area (Å²) in [5.74, 6) is 0.562. The van der Waals surface area contributed by atoms with Crippen molar-refractivity contribution >= 4 is 11.6 Å². The van der Waals surface area contributed by atoms with E-state index in [-0.39, 0.29) is 11.3 Å². The molecule has 2 rings (SSSR count). The molecule has 4 nitrogen and oxygen atoms in total. The Morgan fingerprint density at radius 2 is 2.11 bits per heavy atom. The Balaban J connectivity index is 2.16. The summed E-state index contributed by atoms with van der Waals surface area (Å²) in [6, 6.07) is 7.17. The van der Waals surface area contributed by atoms with E-state index in [0.717, 1.165) is 25.7 Å². The number of hydrogen-bond donors (Lipinski definition) is 1. The number of methoxy groups -OCH3 is 1. The van der Waals surface area contributed by atoms with Crippen molar-refractivity contribution in [3.8, 4) is 11.8 Å². The number of carbonyl (C=O) groups excluding carboxylic acids is 1. The van der Waals surface area contributed by atoms with Gasteiger partial charge in [0.15, 0.2) is 0 Å². The van der Waals surface area contributed by atoms with Gasteiger partial charge in [0.2, 0.25) is 5.91 Å².